The van der Waals surface area contributed by atoms with Crippen molar-refractivity contribution >= 4 is 21.6 Å². The van der Waals surface area contributed by atoms with E-state index in [0.717, 1.165) is 44.5 Å². The zero-order valence-corrected chi connectivity index (χ0v) is 21.3. The van der Waals surface area contributed by atoms with Crippen LogP contribution in [-0.2, 0) is 15.4 Å². The summed E-state index contributed by atoms with van der Waals surface area (Å²) >= 11 is 0. The van der Waals surface area contributed by atoms with E-state index in [9.17, 15) is 13.2 Å². The smallest absolute Gasteiger partial charge is 0.262 e. The minimum absolute atomic E-state index is 0.147. The molecule has 6 nitrogen and oxygen atoms in total. The van der Waals surface area contributed by atoms with E-state index in [4.69, 9.17) is 0 Å². The van der Waals surface area contributed by atoms with Gasteiger partial charge in [0.05, 0.1) is 4.90 Å². The molecule has 0 bridgehead atoms. The molecule has 0 unspecified atom stereocenters. The van der Waals surface area contributed by atoms with Crippen LogP contribution in [0.5, 0.6) is 0 Å². The van der Waals surface area contributed by atoms with Crippen molar-refractivity contribution in [2.75, 3.05) is 24.4 Å². The second-order valence-corrected chi connectivity index (χ2v) is 11.7. The fourth-order valence-electron chi connectivity index (χ4n) is 4.18. The van der Waals surface area contributed by atoms with Crippen molar-refractivity contribution < 1.29 is 13.2 Å². The number of likely N-dealkylation sites (tertiary alicyclic amines) is 1. The number of rotatable bonds is 7. The van der Waals surface area contributed by atoms with Crippen molar-refractivity contribution in [1.82, 2.24) is 10.2 Å². The number of carbonyl (C=O) groups is 1. The monoisotopic (exact) mass is 471 g/mol. The molecular formula is C26H37N3O3S. The summed E-state index contributed by atoms with van der Waals surface area (Å²) in [6, 6.07) is 12.4. The van der Waals surface area contributed by atoms with E-state index in [2.05, 4.69) is 42.6 Å². The zero-order valence-electron chi connectivity index (χ0n) is 20.4. The summed E-state index contributed by atoms with van der Waals surface area (Å²) in [5, 5.41) is 3.11. The number of aryl methyl sites for hydroxylation is 1. The van der Waals surface area contributed by atoms with Crippen molar-refractivity contribution in [1.29, 1.82) is 0 Å². The Morgan fingerprint density at radius 2 is 1.79 bits per heavy atom. The van der Waals surface area contributed by atoms with E-state index in [1.54, 1.807) is 37.3 Å². The van der Waals surface area contributed by atoms with Crippen molar-refractivity contribution in [3.8, 4) is 0 Å². The summed E-state index contributed by atoms with van der Waals surface area (Å²) in [4.78, 5) is 15.5. The van der Waals surface area contributed by atoms with Crippen LogP contribution in [0.2, 0.25) is 0 Å². The predicted molar refractivity (Wildman–Crippen MR) is 134 cm³/mol. The third kappa shape index (κ3) is 6.58. The van der Waals surface area contributed by atoms with E-state index >= 15 is 0 Å². The summed E-state index contributed by atoms with van der Waals surface area (Å²) in [5.74, 6) is -0.170. The lowest BCUT2D eigenvalue weighted by molar-refractivity contribution is 0.0911. The molecule has 2 aromatic carbocycles. The number of hydrogen-bond acceptors (Lipinski definition) is 4. The molecule has 1 saturated heterocycles. The number of amides is 1. The topological polar surface area (TPSA) is 78.5 Å². The van der Waals surface area contributed by atoms with Gasteiger partial charge in [0.25, 0.3) is 15.9 Å². The number of hydrogen-bond donors (Lipinski definition) is 2. The van der Waals surface area contributed by atoms with Crippen molar-refractivity contribution in [2.45, 2.75) is 70.2 Å². The predicted octanol–water partition coefficient (Wildman–Crippen LogP) is 4.70. The van der Waals surface area contributed by atoms with Crippen LogP contribution in [0.4, 0.5) is 5.69 Å². The fraction of sp³-hybridized carbons (Fsp3) is 0.500. The minimum Gasteiger partial charge on any atom is -0.349 e. The van der Waals surface area contributed by atoms with E-state index < -0.39 is 10.0 Å². The van der Waals surface area contributed by atoms with Crippen LogP contribution in [0.1, 0.15) is 68.4 Å². The molecule has 0 aromatic heterocycles. The van der Waals surface area contributed by atoms with Gasteiger partial charge in [-0.3, -0.25) is 9.52 Å². The van der Waals surface area contributed by atoms with Gasteiger partial charge in [-0.25, -0.2) is 8.42 Å². The number of anilines is 1. The number of sulfonamides is 1. The van der Waals surface area contributed by atoms with Gasteiger partial charge in [-0.05, 0) is 73.5 Å². The molecule has 1 fully saturated rings. The zero-order chi connectivity index (χ0) is 24.2. The molecule has 1 heterocycles. The molecule has 180 valence electrons. The average molecular weight is 472 g/mol. The minimum atomic E-state index is -3.80. The highest BCUT2D eigenvalue weighted by atomic mass is 32.2. The van der Waals surface area contributed by atoms with Crippen LogP contribution in [0.3, 0.4) is 0 Å². The fourth-order valence-corrected chi connectivity index (χ4v) is 5.50. The van der Waals surface area contributed by atoms with Crippen molar-refractivity contribution in [3.05, 3.63) is 59.2 Å². The molecule has 1 aliphatic heterocycles. The van der Waals surface area contributed by atoms with Crippen LogP contribution < -0.4 is 10.0 Å². The maximum absolute atomic E-state index is 13.2. The maximum Gasteiger partial charge on any atom is 0.262 e. The number of nitrogens with one attached hydrogen (secondary N) is 2. The number of benzene rings is 2. The van der Waals surface area contributed by atoms with Crippen molar-refractivity contribution in [3.63, 3.8) is 0 Å². The third-order valence-electron chi connectivity index (χ3n) is 6.18. The molecule has 2 N–H and O–H groups in total. The Balaban J connectivity index is 1.72. The molecule has 1 aliphatic rings. The second-order valence-electron chi connectivity index (χ2n) is 10.0. The Labute approximate surface area is 198 Å². The first kappa shape index (κ1) is 25.2. The largest absolute Gasteiger partial charge is 0.349 e. The van der Waals surface area contributed by atoms with E-state index in [0.29, 0.717) is 16.8 Å². The second kappa shape index (κ2) is 10.3. The Morgan fingerprint density at radius 3 is 2.42 bits per heavy atom. The van der Waals surface area contributed by atoms with Crippen LogP contribution >= 0.6 is 0 Å². The Hall–Kier alpha value is -2.38. The first-order chi connectivity index (χ1) is 15.5. The molecule has 0 spiro atoms. The molecular weight excluding hydrogens is 434 g/mol. The van der Waals surface area contributed by atoms with E-state index in [-0.39, 0.29) is 22.3 Å². The van der Waals surface area contributed by atoms with Crippen LogP contribution in [-0.4, -0.2) is 44.9 Å². The van der Waals surface area contributed by atoms with Crippen LogP contribution in [0.25, 0.3) is 0 Å². The molecule has 0 aliphatic carbocycles. The van der Waals surface area contributed by atoms with Crippen LogP contribution in [0, 0.1) is 6.92 Å². The number of carbonyl (C=O) groups excluding carboxylic acids is 1. The van der Waals surface area contributed by atoms with E-state index in [1.165, 1.54) is 0 Å². The molecule has 7 heteroatoms. The Morgan fingerprint density at radius 1 is 1.09 bits per heavy atom. The molecule has 33 heavy (non-hydrogen) atoms. The molecule has 0 radical (unpaired) electrons. The quantitative estimate of drug-likeness (QED) is 0.614. The number of nitrogens with zero attached hydrogens (tertiary/aromatic N) is 1. The van der Waals surface area contributed by atoms with Gasteiger partial charge in [-0.15, -0.1) is 0 Å². The lowest BCUT2D eigenvalue weighted by Gasteiger charge is -2.32. The summed E-state index contributed by atoms with van der Waals surface area (Å²) in [6.45, 7) is 13.2. The van der Waals surface area contributed by atoms with Gasteiger partial charge in [0.2, 0.25) is 0 Å². The van der Waals surface area contributed by atoms with Gasteiger partial charge in [0, 0.05) is 30.4 Å². The van der Waals surface area contributed by atoms with Gasteiger partial charge in [0.1, 0.15) is 0 Å². The van der Waals surface area contributed by atoms with Gasteiger partial charge in [-0.1, -0.05) is 45.9 Å². The van der Waals surface area contributed by atoms with Gasteiger partial charge < -0.3 is 10.2 Å². The van der Waals surface area contributed by atoms with E-state index in [1.807, 2.05) is 12.1 Å². The molecule has 0 saturated carbocycles. The Bertz CT molecular complexity index is 1080. The molecule has 2 aromatic rings. The first-order valence-corrected chi connectivity index (χ1v) is 13.2. The summed E-state index contributed by atoms with van der Waals surface area (Å²) in [7, 11) is -3.80. The first-order valence-electron chi connectivity index (χ1n) is 11.8. The molecule has 1 amide bonds. The number of piperidine rings is 1. The standard InChI is InChI=1S/C26H37N3O3S/c1-6-14-29-15-12-22(13-16-29)27-25(30)20-8-7-9-23(17-20)28-33(31,32)24-18-21(26(3,4)5)11-10-19(24)2/h7-11,17-18,22,28H,6,12-16H2,1-5H3,(H,27,30). The average Bonchev–Trinajstić information content (AvgIpc) is 2.74. The highest BCUT2D eigenvalue weighted by molar-refractivity contribution is 7.92. The lowest BCUT2D eigenvalue weighted by atomic mass is 9.87. The van der Waals surface area contributed by atoms with Gasteiger partial charge in [-0.2, -0.15) is 0 Å². The highest BCUT2D eigenvalue weighted by Gasteiger charge is 2.23. The Kier molecular flexibility index (Phi) is 7.85. The van der Waals surface area contributed by atoms with Crippen molar-refractivity contribution in [2.24, 2.45) is 0 Å². The van der Waals surface area contributed by atoms with Gasteiger partial charge in [0.15, 0.2) is 0 Å². The van der Waals surface area contributed by atoms with Crippen LogP contribution in [0.15, 0.2) is 47.4 Å². The van der Waals surface area contributed by atoms with Gasteiger partial charge >= 0.3 is 0 Å². The normalized spacial score (nSPS) is 15.9. The maximum atomic E-state index is 13.2. The SMILES string of the molecule is CCCN1CCC(NC(=O)c2cccc(NS(=O)(=O)c3cc(C(C)(C)C)ccc3C)c2)CC1. The summed E-state index contributed by atoms with van der Waals surface area (Å²) in [5.41, 5.74) is 2.29. The summed E-state index contributed by atoms with van der Waals surface area (Å²) < 4.78 is 29.0. The molecule has 3 rings (SSSR count). The highest BCUT2D eigenvalue weighted by Crippen LogP contribution is 2.28. The lowest BCUT2D eigenvalue weighted by Crippen LogP contribution is -2.44. The molecule has 0 atom stereocenters. The third-order valence-corrected chi connectivity index (χ3v) is 7.71. The summed E-state index contributed by atoms with van der Waals surface area (Å²) in [6.07, 6.45) is 3.00.